The average Bonchev–Trinajstić information content (AvgIpc) is 2.78. The molecule has 1 aromatic rings. The quantitative estimate of drug-likeness (QED) is 0.105. The molecule has 0 aromatic heterocycles. The van der Waals surface area contributed by atoms with E-state index in [0.29, 0.717) is 17.5 Å². The summed E-state index contributed by atoms with van der Waals surface area (Å²) >= 11 is 5.46. The number of nitrogens with zero attached hydrogens (tertiary/aromatic N) is 1. The van der Waals surface area contributed by atoms with Crippen LogP contribution in [-0.2, 0) is 4.79 Å². The molecule has 0 bridgehead atoms. The summed E-state index contributed by atoms with van der Waals surface area (Å²) in [5, 5.41) is 15.7. The number of hydrogen-bond acceptors (Lipinski definition) is 5. The summed E-state index contributed by atoms with van der Waals surface area (Å²) in [5.74, 6) is 0.109. The molecule has 7 nitrogen and oxygen atoms in total. The van der Waals surface area contributed by atoms with E-state index in [1.807, 2.05) is 18.2 Å². The van der Waals surface area contributed by atoms with Gasteiger partial charge >= 0.3 is 0 Å². The van der Waals surface area contributed by atoms with Crippen LogP contribution in [0, 0.1) is 0 Å². The summed E-state index contributed by atoms with van der Waals surface area (Å²) in [5.41, 5.74) is 3.10. The second-order valence-electron chi connectivity index (χ2n) is 7.24. The van der Waals surface area contributed by atoms with Crippen LogP contribution >= 0.6 is 12.2 Å². The third-order valence-electron chi connectivity index (χ3n) is 4.91. The number of hydroxylamine groups is 1. The number of rotatable bonds is 15. The van der Waals surface area contributed by atoms with Gasteiger partial charge in [0.25, 0.3) is 5.91 Å². The second kappa shape index (κ2) is 16.5. The highest BCUT2D eigenvalue weighted by Gasteiger charge is 2.08. The Labute approximate surface area is 192 Å². The van der Waals surface area contributed by atoms with Crippen molar-refractivity contribution in [2.45, 2.75) is 52.9 Å². The number of hydrogen-bond donors (Lipinski definition) is 4. The van der Waals surface area contributed by atoms with Crippen LogP contribution in [0.4, 0.5) is 5.69 Å². The summed E-state index contributed by atoms with van der Waals surface area (Å²) in [6, 6.07) is 5.57. The molecule has 0 saturated carbocycles. The Bertz CT molecular complexity index is 693. The van der Waals surface area contributed by atoms with Crippen molar-refractivity contribution in [1.29, 1.82) is 0 Å². The van der Waals surface area contributed by atoms with E-state index in [1.165, 1.54) is 31.8 Å². The van der Waals surface area contributed by atoms with Gasteiger partial charge in [-0.2, -0.15) is 0 Å². The number of thiocarbonyl (C=S) groups is 1. The lowest BCUT2D eigenvalue weighted by Crippen LogP contribution is -2.30. The van der Waals surface area contributed by atoms with Crippen molar-refractivity contribution in [2.24, 2.45) is 0 Å². The van der Waals surface area contributed by atoms with E-state index in [0.717, 1.165) is 43.9 Å². The highest BCUT2D eigenvalue weighted by atomic mass is 32.1. The van der Waals surface area contributed by atoms with Gasteiger partial charge in [-0.05, 0) is 55.5 Å². The molecule has 8 heteroatoms. The van der Waals surface area contributed by atoms with Gasteiger partial charge in [-0.25, -0.2) is 5.48 Å². The number of ether oxygens (including phenoxy) is 1. The lowest BCUT2D eigenvalue weighted by atomic mass is 10.1. The average molecular weight is 451 g/mol. The molecule has 4 N–H and O–H groups in total. The normalized spacial score (nSPS) is 11.0. The fraction of sp³-hybridized carbons (Fsp3) is 0.565. The van der Waals surface area contributed by atoms with E-state index >= 15 is 0 Å². The third-order valence-corrected chi connectivity index (χ3v) is 5.16. The Hall–Kier alpha value is -2.16. The number of amides is 1. The van der Waals surface area contributed by atoms with Crippen molar-refractivity contribution < 1.29 is 14.7 Å². The zero-order valence-corrected chi connectivity index (χ0v) is 19.9. The second-order valence-corrected chi connectivity index (χ2v) is 7.64. The van der Waals surface area contributed by atoms with Crippen LogP contribution in [0.25, 0.3) is 6.08 Å². The molecular formula is C23H38N4O3S. The van der Waals surface area contributed by atoms with E-state index in [-0.39, 0.29) is 0 Å². The SMILES string of the molecule is CCCCCCCNC(=S)Nc1cc(/C=C/C(=O)NO)ccc1OCCN(CC)CC. The largest absolute Gasteiger partial charge is 0.490 e. The Morgan fingerprint density at radius 3 is 2.58 bits per heavy atom. The summed E-state index contributed by atoms with van der Waals surface area (Å²) < 4.78 is 6.01. The van der Waals surface area contributed by atoms with Crippen molar-refractivity contribution in [1.82, 2.24) is 15.7 Å². The van der Waals surface area contributed by atoms with Gasteiger partial charge in [0.05, 0.1) is 5.69 Å². The molecule has 0 spiro atoms. The lowest BCUT2D eigenvalue weighted by Gasteiger charge is -2.20. The fourth-order valence-electron chi connectivity index (χ4n) is 3.01. The van der Waals surface area contributed by atoms with Crippen molar-refractivity contribution in [2.75, 3.05) is 38.1 Å². The summed E-state index contributed by atoms with van der Waals surface area (Å²) in [6.45, 7) is 10.7. The standard InChI is InChI=1S/C23H38N4O3S/c1-4-7-8-9-10-15-24-23(31)25-20-18-19(12-14-22(28)26-29)11-13-21(20)30-17-16-27(5-2)6-3/h11-14,18,29H,4-10,15-17H2,1-3H3,(H,26,28)(H2,24,25,31)/b14-12+. The first-order valence-electron chi connectivity index (χ1n) is 11.2. The third kappa shape index (κ3) is 11.7. The number of benzene rings is 1. The first-order valence-corrected chi connectivity index (χ1v) is 11.6. The minimum Gasteiger partial charge on any atom is -0.490 e. The molecule has 0 aliphatic carbocycles. The topological polar surface area (TPSA) is 85.9 Å². The molecule has 0 radical (unpaired) electrons. The Balaban J connectivity index is 2.76. The Kier molecular flexibility index (Phi) is 14.3. The van der Waals surface area contributed by atoms with E-state index in [2.05, 4.69) is 36.3 Å². The molecule has 1 amide bonds. The van der Waals surface area contributed by atoms with Crippen LogP contribution in [0.2, 0.25) is 0 Å². The molecule has 0 saturated heterocycles. The van der Waals surface area contributed by atoms with Gasteiger partial charge in [0, 0.05) is 19.2 Å². The predicted octanol–water partition coefficient (Wildman–Crippen LogP) is 4.18. The zero-order valence-electron chi connectivity index (χ0n) is 19.1. The lowest BCUT2D eigenvalue weighted by molar-refractivity contribution is -0.124. The van der Waals surface area contributed by atoms with Gasteiger partial charge in [0.2, 0.25) is 0 Å². The predicted molar refractivity (Wildman–Crippen MR) is 132 cm³/mol. The van der Waals surface area contributed by atoms with Gasteiger partial charge in [0.1, 0.15) is 12.4 Å². The molecule has 0 fully saturated rings. The molecule has 0 atom stereocenters. The minimum absolute atomic E-state index is 0.540. The number of nitrogens with one attached hydrogen (secondary N) is 3. The van der Waals surface area contributed by atoms with Crippen molar-refractivity contribution >= 4 is 35.0 Å². The van der Waals surface area contributed by atoms with Crippen LogP contribution in [0.5, 0.6) is 5.75 Å². The molecule has 1 rings (SSSR count). The highest BCUT2D eigenvalue weighted by Crippen LogP contribution is 2.26. The monoisotopic (exact) mass is 450 g/mol. The van der Waals surface area contributed by atoms with Crippen LogP contribution in [0.1, 0.15) is 58.4 Å². The van der Waals surface area contributed by atoms with Gasteiger partial charge in [-0.1, -0.05) is 52.5 Å². The van der Waals surface area contributed by atoms with Gasteiger partial charge < -0.3 is 20.3 Å². The maximum atomic E-state index is 11.3. The number of carbonyl (C=O) groups is 1. The number of anilines is 1. The molecule has 0 aliphatic rings. The number of unbranched alkanes of at least 4 members (excludes halogenated alkanes) is 4. The smallest absolute Gasteiger partial charge is 0.267 e. The molecular weight excluding hydrogens is 412 g/mol. The van der Waals surface area contributed by atoms with Crippen molar-refractivity contribution in [3.05, 3.63) is 29.8 Å². The van der Waals surface area contributed by atoms with Gasteiger partial charge in [-0.3, -0.25) is 10.0 Å². The molecule has 0 aliphatic heterocycles. The van der Waals surface area contributed by atoms with Crippen molar-refractivity contribution in [3.8, 4) is 5.75 Å². The van der Waals surface area contributed by atoms with Gasteiger partial charge in [0.15, 0.2) is 5.11 Å². The van der Waals surface area contributed by atoms with Crippen LogP contribution in [0.15, 0.2) is 24.3 Å². The maximum absolute atomic E-state index is 11.3. The minimum atomic E-state index is -0.589. The summed E-state index contributed by atoms with van der Waals surface area (Å²) in [7, 11) is 0. The summed E-state index contributed by atoms with van der Waals surface area (Å²) in [6.07, 6.45) is 8.89. The molecule has 0 heterocycles. The molecule has 1 aromatic carbocycles. The first-order chi connectivity index (χ1) is 15.0. The van der Waals surface area contributed by atoms with E-state index in [1.54, 1.807) is 11.6 Å². The Morgan fingerprint density at radius 2 is 1.90 bits per heavy atom. The summed E-state index contributed by atoms with van der Waals surface area (Å²) in [4.78, 5) is 13.6. The van der Waals surface area contributed by atoms with Crippen LogP contribution in [0.3, 0.4) is 0 Å². The molecule has 0 unspecified atom stereocenters. The van der Waals surface area contributed by atoms with E-state index in [9.17, 15) is 4.79 Å². The first kappa shape index (κ1) is 26.9. The van der Waals surface area contributed by atoms with Crippen LogP contribution in [-0.4, -0.2) is 53.9 Å². The van der Waals surface area contributed by atoms with Gasteiger partial charge in [-0.15, -0.1) is 0 Å². The van der Waals surface area contributed by atoms with E-state index < -0.39 is 5.91 Å². The zero-order chi connectivity index (χ0) is 22.9. The van der Waals surface area contributed by atoms with E-state index in [4.69, 9.17) is 22.2 Å². The number of carbonyl (C=O) groups excluding carboxylic acids is 1. The fourth-order valence-corrected chi connectivity index (χ4v) is 3.22. The molecule has 31 heavy (non-hydrogen) atoms. The van der Waals surface area contributed by atoms with Crippen LogP contribution < -0.4 is 20.9 Å². The molecule has 174 valence electrons. The number of likely N-dealkylation sites (N-methyl/N-ethyl adjacent to an activating group) is 1. The van der Waals surface area contributed by atoms with Crippen molar-refractivity contribution in [3.63, 3.8) is 0 Å². The Morgan fingerprint density at radius 1 is 1.16 bits per heavy atom. The highest BCUT2D eigenvalue weighted by molar-refractivity contribution is 7.80. The maximum Gasteiger partial charge on any atom is 0.267 e.